The van der Waals surface area contributed by atoms with E-state index < -0.39 is 0 Å². The highest BCUT2D eigenvalue weighted by Crippen LogP contribution is 2.27. The van der Waals surface area contributed by atoms with Crippen LogP contribution in [-0.4, -0.2) is 20.4 Å². The molecule has 0 saturated carbocycles. The van der Waals surface area contributed by atoms with Crippen molar-refractivity contribution in [2.24, 2.45) is 0 Å². The zero-order valence-electron chi connectivity index (χ0n) is 8.36. The Morgan fingerprint density at radius 3 is 2.81 bits per heavy atom. The van der Waals surface area contributed by atoms with Crippen molar-refractivity contribution >= 4 is 32.8 Å². The van der Waals surface area contributed by atoms with Gasteiger partial charge in [-0.15, -0.1) is 5.10 Å². The lowest BCUT2D eigenvalue weighted by molar-refractivity contribution is 0.959. The van der Waals surface area contributed by atoms with E-state index in [0.717, 1.165) is 22.1 Å². The molecule has 0 aliphatic heterocycles. The Balaban J connectivity index is 2.32. The maximum atomic E-state index is 4.04. The minimum absolute atomic E-state index is 0.900. The Morgan fingerprint density at radius 1 is 0.875 bits per heavy atom. The van der Waals surface area contributed by atoms with Crippen LogP contribution in [0, 0.1) is 0 Å². The average molecular weight is 208 g/mol. The number of para-hydroxylation sites is 1. The molecule has 0 spiro atoms. The molecule has 0 saturated heterocycles. The van der Waals surface area contributed by atoms with E-state index in [1.807, 2.05) is 18.2 Å². The second-order valence-corrected chi connectivity index (χ2v) is 3.90. The molecule has 2 N–H and O–H groups in total. The van der Waals surface area contributed by atoms with E-state index in [2.05, 4.69) is 38.6 Å². The fraction of sp³-hybridized carbons (Fsp3) is 0. The lowest BCUT2D eigenvalue weighted by atomic mass is 10.1. The predicted molar refractivity (Wildman–Crippen MR) is 63.3 cm³/mol. The highest BCUT2D eigenvalue weighted by molar-refractivity contribution is 6.10. The zero-order valence-corrected chi connectivity index (χ0v) is 8.36. The molecule has 4 nitrogen and oxygen atoms in total. The number of hydrogen-bond acceptors (Lipinski definition) is 2. The summed E-state index contributed by atoms with van der Waals surface area (Å²) in [5, 5.41) is 13.1. The Bertz CT molecular complexity index is 809. The van der Waals surface area contributed by atoms with Crippen molar-refractivity contribution in [3.05, 3.63) is 36.4 Å². The van der Waals surface area contributed by atoms with Gasteiger partial charge in [0.25, 0.3) is 0 Å². The van der Waals surface area contributed by atoms with Crippen molar-refractivity contribution in [2.75, 3.05) is 0 Å². The molecule has 4 heteroatoms. The maximum Gasteiger partial charge on any atom is 0.113 e. The van der Waals surface area contributed by atoms with Crippen LogP contribution in [0.15, 0.2) is 36.4 Å². The third kappa shape index (κ3) is 0.883. The molecule has 0 radical (unpaired) electrons. The number of aromatic nitrogens is 4. The molecular formula is C12H8N4. The molecule has 0 unspecified atom stereocenters. The van der Waals surface area contributed by atoms with E-state index in [0.29, 0.717) is 0 Å². The largest absolute Gasteiger partial charge is 0.354 e. The molecule has 0 bridgehead atoms. The van der Waals surface area contributed by atoms with E-state index in [4.69, 9.17) is 0 Å². The average Bonchev–Trinajstić information content (AvgIpc) is 2.88. The molecule has 0 amide bonds. The lowest BCUT2D eigenvalue weighted by Gasteiger charge is -1.90. The molecule has 0 aliphatic carbocycles. The van der Waals surface area contributed by atoms with E-state index in [-0.39, 0.29) is 0 Å². The molecule has 2 aromatic carbocycles. The molecule has 2 aromatic heterocycles. The Morgan fingerprint density at radius 2 is 1.81 bits per heavy atom. The van der Waals surface area contributed by atoms with Crippen LogP contribution in [0.3, 0.4) is 0 Å². The van der Waals surface area contributed by atoms with Crippen molar-refractivity contribution in [3.63, 3.8) is 0 Å². The van der Waals surface area contributed by atoms with Gasteiger partial charge in [-0.25, -0.2) is 0 Å². The first-order valence-electron chi connectivity index (χ1n) is 5.13. The van der Waals surface area contributed by atoms with Gasteiger partial charge in [0.2, 0.25) is 0 Å². The van der Waals surface area contributed by atoms with E-state index >= 15 is 0 Å². The molecule has 0 fully saturated rings. The van der Waals surface area contributed by atoms with Gasteiger partial charge >= 0.3 is 0 Å². The first-order chi connectivity index (χ1) is 7.92. The van der Waals surface area contributed by atoms with Crippen molar-refractivity contribution in [1.29, 1.82) is 0 Å². The maximum absolute atomic E-state index is 4.04. The highest BCUT2D eigenvalue weighted by atomic mass is 15.3. The first kappa shape index (κ1) is 7.87. The van der Waals surface area contributed by atoms with Crippen molar-refractivity contribution in [1.82, 2.24) is 20.4 Å². The van der Waals surface area contributed by atoms with Crippen LogP contribution in [0.4, 0.5) is 0 Å². The van der Waals surface area contributed by atoms with E-state index in [1.165, 1.54) is 10.8 Å². The zero-order chi connectivity index (χ0) is 10.5. The van der Waals surface area contributed by atoms with Gasteiger partial charge < -0.3 is 4.98 Å². The van der Waals surface area contributed by atoms with Crippen LogP contribution in [0.5, 0.6) is 0 Å². The summed E-state index contributed by atoms with van der Waals surface area (Å²) in [6.45, 7) is 0. The van der Waals surface area contributed by atoms with Gasteiger partial charge in [0.15, 0.2) is 0 Å². The number of hydrogen-bond donors (Lipinski definition) is 2. The Hall–Kier alpha value is -2.36. The number of nitrogens with zero attached hydrogens (tertiary/aromatic N) is 2. The van der Waals surface area contributed by atoms with Crippen LogP contribution in [0.1, 0.15) is 0 Å². The molecule has 4 aromatic rings. The molecule has 4 rings (SSSR count). The van der Waals surface area contributed by atoms with Crippen molar-refractivity contribution in [3.8, 4) is 0 Å². The van der Waals surface area contributed by atoms with Gasteiger partial charge in [-0.1, -0.05) is 23.4 Å². The summed E-state index contributed by atoms with van der Waals surface area (Å²) in [6, 6.07) is 12.4. The van der Waals surface area contributed by atoms with Crippen LogP contribution >= 0.6 is 0 Å². The Kier molecular flexibility index (Phi) is 1.28. The number of rotatable bonds is 0. The summed E-state index contributed by atoms with van der Waals surface area (Å²) in [5.74, 6) is 0. The summed E-state index contributed by atoms with van der Waals surface area (Å²) in [5.41, 5.74) is 4.12. The number of nitrogens with one attached hydrogen (secondary N) is 2. The van der Waals surface area contributed by atoms with Gasteiger partial charge in [0, 0.05) is 21.8 Å². The first-order valence-corrected chi connectivity index (χ1v) is 5.13. The van der Waals surface area contributed by atoms with E-state index in [9.17, 15) is 0 Å². The van der Waals surface area contributed by atoms with E-state index in [1.54, 1.807) is 0 Å². The molecule has 0 atom stereocenters. The van der Waals surface area contributed by atoms with Gasteiger partial charge in [0.1, 0.15) is 5.52 Å². The minimum Gasteiger partial charge on any atom is -0.354 e. The number of aromatic amines is 2. The van der Waals surface area contributed by atoms with Gasteiger partial charge in [-0.05, 0) is 18.2 Å². The smallest absolute Gasteiger partial charge is 0.113 e. The standard InChI is InChI=1S/C12H8N4/c1-2-4-9-7(3-1)8-5-11-12(15-16-14-11)6-10(8)13-9/h1-6,13H,(H,14,15,16). The second kappa shape index (κ2) is 2.61. The summed E-state index contributed by atoms with van der Waals surface area (Å²) < 4.78 is 0. The second-order valence-electron chi connectivity index (χ2n) is 3.90. The summed E-state index contributed by atoms with van der Waals surface area (Å²) in [4.78, 5) is 3.38. The highest BCUT2D eigenvalue weighted by Gasteiger charge is 2.06. The number of H-pyrrole nitrogens is 2. The molecule has 2 heterocycles. The van der Waals surface area contributed by atoms with Gasteiger partial charge in [-0.3, -0.25) is 5.10 Å². The summed E-state index contributed by atoms with van der Waals surface area (Å²) >= 11 is 0. The fourth-order valence-electron chi connectivity index (χ4n) is 2.19. The van der Waals surface area contributed by atoms with Crippen LogP contribution in [-0.2, 0) is 0 Å². The monoisotopic (exact) mass is 208 g/mol. The predicted octanol–water partition coefficient (Wildman–Crippen LogP) is 2.59. The fourth-order valence-corrected chi connectivity index (χ4v) is 2.19. The third-order valence-corrected chi connectivity index (χ3v) is 2.95. The van der Waals surface area contributed by atoms with Crippen LogP contribution < -0.4 is 0 Å². The molecule has 16 heavy (non-hydrogen) atoms. The van der Waals surface area contributed by atoms with Crippen LogP contribution in [0.2, 0.25) is 0 Å². The molecular weight excluding hydrogens is 200 g/mol. The molecule has 0 aliphatic rings. The van der Waals surface area contributed by atoms with Gasteiger partial charge in [-0.2, -0.15) is 0 Å². The molecule has 76 valence electrons. The number of fused-ring (bicyclic) bond motifs is 4. The summed E-state index contributed by atoms with van der Waals surface area (Å²) in [7, 11) is 0. The summed E-state index contributed by atoms with van der Waals surface area (Å²) in [6.07, 6.45) is 0. The minimum atomic E-state index is 0.900. The SMILES string of the molecule is c1ccc2c(c1)[nH]c1cc3[nH]nnc3cc12. The third-order valence-electron chi connectivity index (χ3n) is 2.95. The topological polar surface area (TPSA) is 57.4 Å². The van der Waals surface area contributed by atoms with Crippen molar-refractivity contribution < 1.29 is 0 Å². The quantitative estimate of drug-likeness (QED) is 0.466. The number of benzene rings is 2. The van der Waals surface area contributed by atoms with Crippen LogP contribution in [0.25, 0.3) is 32.8 Å². The van der Waals surface area contributed by atoms with Gasteiger partial charge in [0.05, 0.1) is 5.52 Å². The Labute approximate surface area is 90.3 Å². The lowest BCUT2D eigenvalue weighted by Crippen LogP contribution is -1.71. The van der Waals surface area contributed by atoms with Crippen molar-refractivity contribution in [2.45, 2.75) is 0 Å². The normalized spacial score (nSPS) is 11.8.